The van der Waals surface area contributed by atoms with Crippen LogP contribution in [0.1, 0.15) is 45.1 Å². The Morgan fingerprint density at radius 2 is 1.35 bits per heavy atom. The summed E-state index contributed by atoms with van der Waals surface area (Å²) in [6.07, 6.45) is 5.12. The molecule has 90 valence electrons. The van der Waals surface area contributed by atoms with Crippen LogP contribution in [0.15, 0.2) is 24.3 Å². The Bertz CT molecular complexity index is 273. The van der Waals surface area contributed by atoms with Gasteiger partial charge in [0.25, 0.3) is 0 Å². The zero-order chi connectivity index (χ0) is 11.8. The second-order valence-corrected chi connectivity index (χ2v) is 4.53. The van der Waals surface area contributed by atoms with Gasteiger partial charge in [0.15, 0.2) is 0 Å². The summed E-state index contributed by atoms with van der Waals surface area (Å²) in [6.45, 7) is 9.05. The fourth-order valence-electron chi connectivity index (χ4n) is 1.82. The number of nitrogens with zero attached hydrogens (tertiary/aromatic N) is 1. The molecule has 0 unspecified atom stereocenters. The molecule has 0 N–H and O–H groups in total. The van der Waals surface area contributed by atoms with Crippen LogP contribution in [-0.2, 0) is 0 Å². The van der Waals surface area contributed by atoms with Crippen LogP contribution in [0, 0.1) is 6.92 Å². The van der Waals surface area contributed by atoms with E-state index in [0.717, 1.165) is 0 Å². The van der Waals surface area contributed by atoms with Gasteiger partial charge in [-0.2, -0.15) is 0 Å². The van der Waals surface area contributed by atoms with Gasteiger partial charge in [0.2, 0.25) is 0 Å². The molecule has 2 heteroatoms. The van der Waals surface area contributed by atoms with E-state index in [2.05, 4.69) is 49.9 Å². The first kappa shape index (κ1) is 16.6. The molecule has 1 aromatic carbocycles. The number of aryl methyl sites for hydroxylation is 1. The molecular formula is C15H25LiN+. The zero-order valence-electron chi connectivity index (χ0n) is 12.0. The molecule has 1 aromatic rings. The van der Waals surface area contributed by atoms with Crippen molar-refractivity contribution in [2.45, 2.75) is 46.5 Å². The topological polar surface area (TPSA) is 3.24 Å². The minimum Gasteiger partial charge on any atom is -0.372 e. The molecule has 0 saturated heterocycles. The Hall–Kier alpha value is -0.383. The number of benzene rings is 1. The fourth-order valence-corrected chi connectivity index (χ4v) is 1.82. The van der Waals surface area contributed by atoms with Crippen molar-refractivity contribution in [2.24, 2.45) is 0 Å². The van der Waals surface area contributed by atoms with Gasteiger partial charge < -0.3 is 4.90 Å². The van der Waals surface area contributed by atoms with Crippen molar-refractivity contribution in [3.8, 4) is 0 Å². The molecule has 0 aromatic heterocycles. The van der Waals surface area contributed by atoms with Gasteiger partial charge in [-0.15, -0.1) is 0 Å². The average Bonchev–Trinajstić information content (AvgIpc) is 2.31. The van der Waals surface area contributed by atoms with Crippen molar-refractivity contribution in [1.82, 2.24) is 0 Å². The molecule has 0 amide bonds. The van der Waals surface area contributed by atoms with Gasteiger partial charge in [-0.3, -0.25) is 0 Å². The number of hydrogen-bond acceptors (Lipinski definition) is 1. The molecule has 0 radical (unpaired) electrons. The average molecular weight is 226 g/mol. The van der Waals surface area contributed by atoms with Crippen molar-refractivity contribution in [2.75, 3.05) is 18.0 Å². The monoisotopic (exact) mass is 226 g/mol. The van der Waals surface area contributed by atoms with E-state index in [9.17, 15) is 0 Å². The molecule has 0 saturated carbocycles. The van der Waals surface area contributed by atoms with E-state index in [1.54, 1.807) is 0 Å². The molecule has 0 bridgehead atoms. The van der Waals surface area contributed by atoms with E-state index in [0.29, 0.717) is 0 Å². The van der Waals surface area contributed by atoms with Crippen LogP contribution in [0.5, 0.6) is 0 Å². The van der Waals surface area contributed by atoms with E-state index in [1.165, 1.54) is 50.0 Å². The normalized spacial score (nSPS) is 9.82. The summed E-state index contributed by atoms with van der Waals surface area (Å²) in [5, 5.41) is 0. The van der Waals surface area contributed by atoms with Crippen LogP contribution >= 0.6 is 0 Å². The number of rotatable bonds is 7. The summed E-state index contributed by atoms with van der Waals surface area (Å²) < 4.78 is 0. The standard InChI is InChI=1S/C15H25N.Li/c1-4-6-12-16(13-7-5-2)15-10-8-14(3)9-11-15;/h8-11H,4-7,12-13H2,1-3H3;/q;+1. The summed E-state index contributed by atoms with van der Waals surface area (Å²) in [5.41, 5.74) is 2.72. The van der Waals surface area contributed by atoms with Crippen molar-refractivity contribution < 1.29 is 18.9 Å². The van der Waals surface area contributed by atoms with E-state index in [1.807, 2.05) is 0 Å². The van der Waals surface area contributed by atoms with Crippen LogP contribution in [-0.4, -0.2) is 13.1 Å². The van der Waals surface area contributed by atoms with E-state index in [-0.39, 0.29) is 18.9 Å². The molecule has 0 aliphatic rings. The van der Waals surface area contributed by atoms with Gasteiger partial charge in [0, 0.05) is 18.8 Å². The van der Waals surface area contributed by atoms with Gasteiger partial charge >= 0.3 is 18.9 Å². The molecule has 0 aliphatic carbocycles. The number of unbranched alkanes of at least 4 members (excludes halogenated alkanes) is 2. The van der Waals surface area contributed by atoms with Gasteiger partial charge in [0.05, 0.1) is 0 Å². The van der Waals surface area contributed by atoms with Crippen LogP contribution < -0.4 is 23.8 Å². The van der Waals surface area contributed by atoms with E-state index in [4.69, 9.17) is 0 Å². The summed E-state index contributed by atoms with van der Waals surface area (Å²) in [5.74, 6) is 0. The van der Waals surface area contributed by atoms with Crippen LogP contribution in [0.4, 0.5) is 5.69 Å². The fraction of sp³-hybridized carbons (Fsp3) is 0.600. The molecule has 1 nitrogen and oxygen atoms in total. The summed E-state index contributed by atoms with van der Waals surface area (Å²) in [4.78, 5) is 2.52. The largest absolute Gasteiger partial charge is 1.00 e. The van der Waals surface area contributed by atoms with Crippen molar-refractivity contribution in [3.05, 3.63) is 29.8 Å². The van der Waals surface area contributed by atoms with Gasteiger partial charge in [0.1, 0.15) is 0 Å². The maximum absolute atomic E-state index is 2.52. The Balaban J connectivity index is 0.00000256. The first-order valence-electron chi connectivity index (χ1n) is 6.59. The summed E-state index contributed by atoms with van der Waals surface area (Å²) in [7, 11) is 0. The second kappa shape index (κ2) is 9.63. The van der Waals surface area contributed by atoms with Crippen molar-refractivity contribution >= 4 is 5.69 Å². The maximum atomic E-state index is 2.52. The SMILES string of the molecule is CCCCN(CCCC)c1ccc(C)cc1.[Li+]. The van der Waals surface area contributed by atoms with E-state index < -0.39 is 0 Å². The van der Waals surface area contributed by atoms with Crippen LogP contribution in [0.3, 0.4) is 0 Å². The second-order valence-electron chi connectivity index (χ2n) is 4.53. The Morgan fingerprint density at radius 1 is 0.882 bits per heavy atom. The third-order valence-corrected chi connectivity index (χ3v) is 2.96. The molecule has 0 fully saturated rings. The smallest absolute Gasteiger partial charge is 0.372 e. The predicted octanol–water partition coefficient (Wildman–Crippen LogP) is 1.41. The summed E-state index contributed by atoms with van der Waals surface area (Å²) in [6, 6.07) is 8.92. The van der Waals surface area contributed by atoms with Crippen molar-refractivity contribution in [1.29, 1.82) is 0 Å². The minimum atomic E-state index is 0. The minimum absolute atomic E-state index is 0. The Labute approximate surface area is 119 Å². The third kappa shape index (κ3) is 6.20. The Morgan fingerprint density at radius 3 is 1.76 bits per heavy atom. The maximum Gasteiger partial charge on any atom is 1.00 e. The molecule has 0 heterocycles. The third-order valence-electron chi connectivity index (χ3n) is 2.96. The van der Waals surface area contributed by atoms with Crippen LogP contribution in [0.2, 0.25) is 0 Å². The van der Waals surface area contributed by atoms with E-state index >= 15 is 0 Å². The molecule has 17 heavy (non-hydrogen) atoms. The zero-order valence-corrected chi connectivity index (χ0v) is 12.0. The quantitative estimate of drug-likeness (QED) is 0.635. The summed E-state index contributed by atoms with van der Waals surface area (Å²) >= 11 is 0. The molecular weight excluding hydrogens is 201 g/mol. The molecule has 0 atom stereocenters. The van der Waals surface area contributed by atoms with Crippen molar-refractivity contribution in [3.63, 3.8) is 0 Å². The number of hydrogen-bond donors (Lipinski definition) is 0. The molecule has 1 rings (SSSR count). The molecule has 0 spiro atoms. The van der Waals surface area contributed by atoms with Gasteiger partial charge in [-0.05, 0) is 31.9 Å². The van der Waals surface area contributed by atoms with Gasteiger partial charge in [-0.1, -0.05) is 44.4 Å². The first-order chi connectivity index (χ1) is 7.77. The predicted molar refractivity (Wildman–Crippen MR) is 73.2 cm³/mol. The van der Waals surface area contributed by atoms with Gasteiger partial charge in [-0.25, -0.2) is 0 Å². The molecule has 0 aliphatic heterocycles. The number of anilines is 1. The first-order valence-corrected chi connectivity index (χ1v) is 6.59. The Kier molecular flexibility index (Phi) is 9.41. The van der Waals surface area contributed by atoms with Crippen LogP contribution in [0.25, 0.3) is 0 Å².